The summed E-state index contributed by atoms with van der Waals surface area (Å²) < 4.78 is 4.61. The summed E-state index contributed by atoms with van der Waals surface area (Å²) in [5.41, 5.74) is 4.91. The van der Waals surface area contributed by atoms with Gasteiger partial charge in [-0.1, -0.05) is 6.58 Å². The molecule has 0 aliphatic heterocycles. The molecule has 0 radical (unpaired) electrons. The molecular weight excluding hydrogens is 160 g/mol. The molecule has 0 heterocycles. The molecule has 0 saturated carbocycles. The van der Waals surface area contributed by atoms with E-state index in [9.17, 15) is 9.59 Å². The van der Waals surface area contributed by atoms with E-state index in [1.807, 2.05) is 0 Å². The third-order valence-electron chi connectivity index (χ3n) is 1.21. The summed E-state index contributed by atoms with van der Waals surface area (Å²) in [5.74, 6) is -0.507. The topological polar surface area (TPSA) is 72.6 Å². The lowest BCUT2D eigenvalue weighted by atomic mass is 10.6. The normalized spacial score (nSPS) is 8.75. The van der Waals surface area contributed by atoms with E-state index < -0.39 is 12.0 Å². The van der Waals surface area contributed by atoms with Crippen molar-refractivity contribution in [1.29, 1.82) is 0 Å². The SMILES string of the molecule is C=CC(=O)OCCN(C)C(N)=O. The van der Waals surface area contributed by atoms with Crippen LogP contribution in [0.4, 0.5) is 4.79 Å². The van der Waals surface area contributed by atoms with Crippen molar-refractivity contribution < 1.29 is 14.3 Å². The molecule has 2 amide bonds. The summed E-state index contributed by atoms with van der Waals surface area (Å²) >= 11 is 0. The van der Waals surface area contributed by atoms with Crippen LogP contribution in [0.15, 0.2) is 12.7 Å². The zero-order valence-corrected chi connectivity index (χ0v) is 6.95. The van der Waals surface area contributed by atoms with E-state index in [2.05, 4.69) is 11.3 Å². The Balaban J connectivity index is 3.49. The molecule has 0 aromatic rings. The van der Waals surface area contributed by atoms with Crippen LogP contribution in [0.5, 0.6) is 0 Å². The van der Waals surface area contributed by atoms with Gasteiger partial charge < -0.3 is 15.4 Å². The van der Waals surface area contributed by atoms with E-state index >= 15 is 0 Å². The Bertz CT molecular complexity index is 191. The van der Waals surface area contributed by atoms with Crippen LogP contribution in [0, 0.1) is 0 Å². The highest BCUT2D eigenvalue weighted by Gasteiger charge is 2.02. The highest BCUT2D eigenvalue weighted by atomic mass is 16.5. The minimum Gasteiger partial charge on any atom is -0.461 e. The van der Waals surface area contributed by atoms with E-state index in [1.54, 1.807) is 0 Å². The van der Waals surface area contributed by atoms with Crippen LogP contribution < -0.4 is 5.73 Å². The van der Waals surface area contributed by atoms with Crippen molar-refractivity contribution in [3.8, 4) is 0 Å². The van der Waals surface area contributed by atoms with Crippen LogP contribution in [-0.4, -0.2) is 37.1 Å². The minimum atomic E-state index is -0.551. The Labute approximate surface area is 70.8 Å². The van der Waals surface area contributed by atoms with Gasteiger partial charge in [0.25, 0.3) is 0 Å². The maximum Gasteiger partial charge on any atom is 0.330 e. The zero-order chi connectivity index (χ0) is 9.56. The lowest BCUT2D eigenvalue weighted by Gasteiger charge is -2.12. The lowest BCUT2D eigenvalue weighted by molar-refractivity contribution is -0.137. The lowest BCUT2D eigenvalue weighted by Crippen LogP contribution is -2.34. The smallest absolute Gasteiger partial charge is 0.330 e. The predicted octanol–water partition coefficient (Wildman–Crippen LogP) is -0.274. The number of hydrogen-bond acceptors (Lipinski definition) is 3. The van der Waals surface area contributed by atoms with Gasteiger partial charge in [-0.15, -0.1) is 0 Å². The van der Waals surface area contributed by atoms with Crippen molar-refractivity contribution in [1.82, 2.24) is 4.90 Å². The molecule has 68 valence electrons. The second-order valence-corrected chi connectivity index (χ2v) is 2.13. The number of nitrogens with zero attached hydrogens (tertiary/aromatic N) is 1. The molecule has 0 aromatic carbocycles. The summed E-state index contributed by atoms with van der Waals surface area (Å²) in [6, 6.07) is -0.551. The second kappa shape index (κ2) is 5.17. The largest absolute Gasteiger partial charge is 0.461 e. The fraction of sp³-hybridized carbons (Fsp3) is 0.429. The third-order valence-corrected chi connectivity index (χ3v) is 1.21. The van der Waals surface area contributed by atoms with Crippen molar-refractivity contribution in [2.75, 3.05) is 20.2 Å². The van der Waals surface area contributed by atoms with Crippen LogP contribution in [0.25, 0.3) is 0 Å². The maximum absolute atomic E-state index is 10.5. The summed E-state index contributed by atoms with van der Waals surface area (Å²) in [5, 5.41) is 0. The van der Waals surface area contributed by atoms with E-state index in [0.29, 0.717) is 0 Å². The first kappa shape index (κ1) is 10.5. The summed E-state index contributed by atoms with van der Waals surface area (Å²) in [4.78, 5) is 22.2. The minimum absolute atomic E-state index is 0.129. The number of hydrogen-bond donors (Lipinski definition) is 1. The number of amides is 2. The highest BCUT2D eigenvalue weighted by molar-refractivity contribution is 5.81. The fourth-order valence-electron chi connectivity index (χ4n) is 0.452. The number of carbonyl (C=O) groups is 2. The summed E-state index contributed by atoms with van der Waals surface area (Å²) in [7, 11) is 1.52. The zero-order valence-electron chi connectivity index (χ0n) is 6.95. The van der Waals surface area contributed by atoms with Crippen molar-refractivity contribution in [2.45, 2.75) is 0 Å². The Morgan fingerprint density at radius 2 is 2.25 bits per heavy atom. The van der Waals surface area contributed by atoms with Crippen LogP contribution in [0.3, 0.4) is 0 Å². The van der Waals surface area contributed by atoms with Crippen molar-refractivity contribution in [3.63, 3.8) is 0 Å². The van der Waals surface area contributed by atoms with E-state index in [-0.39, 0.29) is 13.2 Å². The molecule has 0 bridgehead atoms. The number of primary amides is 1. The molecule has 5 nitrogen and oxygen atoms in total. The molecule has 5 heteroatoms. The van der Waals surface area contributed by atoms with Crippen molar-refractivity contribution in [3.05, 3.63) is 12.7 Å². The maximum atomic E-state index is 10.5. The van der Waals surface area contributed by atoms with E-state index in [0.717, 1.165) is 6.08 Å². The van der Waals surface area contributed by atoms with E-state index in [1.165, 1.54) is 11.9 Å². The quantitative estimate of drug-likeness (QED) is 0.468. The monoisotopic (exact) mass is 172 g/mol. The Morgan fingerprint density at radius 1 is 1.67 bits per heavy atom. The Kier molecular flexibility index (Phi) is 4.52. The van der Waals surface area contributed by atoms with Gasteiger partial charge >= 0.3 is 12.0 Å². The first-order chi connectivity index (χ1) is 5.57. The molecule has 0 fully saturated rings. The molecule has 0 unspecified atom stereocenters. The summed E-state index contributed by atoms with van der Waals surface area (Å²) in [6.45, 7) is 3.63. The number of carbonyl (C=O) groups excluding carboxylic acids is 2. The number of nitrogens with two attached hydrogens (primary N) is 1. The van der Waals surface area contributed by atoms with Crippen LogP contribution >= 0.6 is 0 Å². The van der Waals surface area contributed by atoms with Gasteiger partial charge in [0, 0.05) is 13.1 Å². The van der Waals surface area contributed by atoms with Gasteiger partial charge in [-0.05, 0) is 0 Å². The van der Waals surface area contributed by atoms with Crippen LogP contribution in [0.1, 0.15) is 0 Å². The number of urea groups is 1. The average molecular weight is 172 g/mol. The van der Waals surface area contributed by atoms with Crippen molar-refractivity contribution >= 4 is 12.0 Å². The predicted molar refractivity (Wildman–Crippen MR) is 43.4 cm³/mol. The molecule has 0 rings (SSSR count). The number of ether oxygens (including phenoxy) is 1. The standard InChI is InChI=1S/C7H12N2O3/c1-3-6(10)12-5-4-9(2)7(8)11/h3H,1,4-5H2,2H3,(H2,8,11). The molecule has 0 saturated heterocycles. The van der Waals surface area contributed by atoms with Gasteiger partial charge in [-0.25, -0.2) is 9.59 Å². The molecule has 0 spiro atoms. The molecule has 0 atom stereocenters. The van der Waals surface area contributed by atoms with Gasteiger partial charge in [-0.3, -0.25) is 0 Å². The fourth-order valence-corrected chi connectivity index (χ4v) is 0.452. The van der Waals surface area contributed by atoms with Crippen LogP contribution in [-0.2, 0) is 9.53 Å². The number of likely N-dealkylation sites (N-methyl/N-ethyl adjacent to an activating group) is 1. The highest BCUT2D eigenvalue weighted by Crippen LogP contribution is 1.84. The van der Waals surface area contributed by atoms with Gasteiger partial charge in [0.1, 0.15) is 6.61 Å². The number of esters is 1. The second-order valence-electron chi connectivity index (χ2n) is 2.13. The molecule has 2 N–H and O–H groups in total. The first-order valence-corrected chi connectivity index (χ1v) is 3.37. The molecule has 0 aliphatic carbocycles. The number of rotatable bonds is 4. The Morgan fingerprint density at radius 3 is 2.67 bits per heavy atom. The molecule has 12 heavy (non-hydrogen) atoms. The van der Waals surface area contributed by atoms with Gasteiger partial charge in [0.2, 0.25) is 0 Å². The first-order valence-electron chi connectivity index (χ1n) is 3.37. The molecule has 0 aromatic heterocycles. The summed E-state index contributed by atoms with van der Waals surface area (Å²) in [6.07, 6.45) is 1.06. The van der Waals surface area contributed by atoms with Crippen molar-refractivity contribution in [2.24, 2.45) is 5.73 Å². The van der Waals surface area contributed by atoms with E-state index in [4.69, 9.17) is 5.73 Å². The van der Waals surface area contributed by atoms with Crippen LogP contribution in [0.2, 0.25) is 0 Å². The third kappa shape index (κ3) is 4.32. The van der Waals surface area contributed by atoms with Gasteiger partial charge in [-0.2, -0.15) is 0 Å². The molecular formula is C7H12N2O3. The Hall–Kier alpha value is -1.52. The molecule has 0 aliphatic rings. The average Bonchev–Trinajstić information content (AvgIpc) is 2.03. The van der Waals surface area contributed by atoms with Gasteiger partial charge in [0.15, 0.2) is 0 Å². The van der Waals surface area contributed by atoms with Gasteiger partial charge in [0.05, 0.1) is 6.54 Å².